The van der Waals surface area contributed by atoms with Gasteiger partial charge in [0.05, 0.1) is 16.3 Å². The number of rotatable bonds is 4. The largest absolute Gasteiger partial charge is 0.333 e. The molecule has 2 aromatic heterocycles. The molecule has 0 aliphatic carbocycles. The van der Waals surface area contributed by atoms with Crippen molar-refractivity contribution < 1.29 is 9.72 Å². The number of nitrogens with zero attached hydrogens (tertiary/aromatic N) is 4. The van der Waals surface area contributed by atoms with Crippen LogP contribution in [0.4, 0.5) is 5.00 Å². The lowest BCUT2D eigenvalue weighted by molar-refractivity contribution is -0.380. The normalized spacial score (nSPS) is 10.4. The number of carbonyl (C=O) groups is 1. The van der Waals surface area contributed by atoms with Crippen molar-refractivity contribution in [2.24, 2.45) is 0 Å². The zero-order valence-corrected chi connectivity index (χ0v) is 11.1. The van der Waals surface area contributed by atoms with Gasteiger partial charge in [-0.1, -0.05) is 11.3 Å². The van der Waals surface area contributed by atoms with Gasteiger partial charge in [-0.2, -0.15) is 5.10 Å². The Morgan fingerprint density at radius 1 is 1.58 bits per heavy atom. The summed E-state index contributed by atoms with van der Waals surface area (Å²) in [6, 6.07) is 2.77. The van der Waals surface area contributed by atoms with Gasteiger partial charge in [-0.15, -0.1) is 0 Å². The molecule has 0 radical (unpaired) electrons. The summed E-state index contributed by atoms with van der Waals surface area (Å²) in [7, 11) is 1.60. The maximum absolute atomic E-state index is 12.0. The SMILES string of the molecule is Cc1nc(CN(C)C(=O)c2ccc([N+](=O)[O-])s2)n[nH]1. The molecule has 2 aromatic rings. The molecule has 0 aromatic carbocycles. The summed E-state index contributed by atoms with van der Waals surface area (Å²) >= 11 is 0.854. The summed E-state index contributed by atoms with van der Waals surface area (Å²) in [6.45, 7) is 2.01. The molecule has 0 saturated carbocycles. The first kappa shape index (κ1) is 13.1. The van der Waals surface area contributed by atoms with E-state index in [0.29, 0.717) is 16.5 Å². The van der Waals surface area contributed by atoms with Crippen molar-refractivity contribution in [2.45, 2.75) is 13.5 Å². The average Bonchev–Trinajstić information content (AvgIpc) is 2.97. The predicted octanol–water partition coefficient (Wildman–Crippen LogP) is 1.36. The standard InChI is InChI=1S/C10H11N5O3S/c1-6-11-8(13-12-6)5-14(2)10(16)7-3-4-9(19-7)15(17)18/h3-4H,5H2,1-2H3,(H,11,12,13). The number of nitrogens with one attached hydrogen (secondary N) is 1. The van der Waals surface area contributed by atoms with Crippen LogP contribution >= 0.6 is 11.3 Å². The van der Waals surface area contributed by atoms with Crippen molar-refractivity contribution in [2.75, 3.05) is 7.05 Å². The molecule has 0 aliphatic rings. The lowest BCUT2D eigenvalue weighted by atomic mass is 10.4. The third kappa shape index (κ3) is 2.94. The monoisotopic (exact) mass is 281 g/mol. The van der Waals surface area contributed by atoms with Gasteiger partial charge >= 0.3 is 5.00 Å². The molecule has 9 heteroatoms. The fraction of sp³-hybridized carbons (Fsp3) is 0.300. The van der Waals surface area contributed by atoms with E-state index in [9.17, 15) is 14.9 Å². The number of hydrogen-bond acceptors (Lipinski definition) is 6. The number of aryl methyl sites for hydroxylation is 1. The molecule has 0 saturated heterocycles. The Morgan fingerprint density at radius 3 is 2.84 bits per heavy atom. The van der Waals surface area contributed by atoms with E-state index in [0.717, 1.165) is 11.3 Å². The lowest BCUT2D eigenvalue weighted by Crippen LogP contribution is -2.26. The molecule has 0 fully saturated rings. The van der Waals surface area contributed by atoms with Crippen LogP contribution in [-0.4, -0.2) is 38.0 Å². The second-order valence-corrected chi connectivity index (χ2v) is 4.96. The van der Waals surface area contributed by atoms with Crippen LogP contribution < -0.4 is 0 Å². The number of aromatic nitrogens is 3. The van der Waals surface area contributed by atoms with Gasteiger partial charge in [0.15, 0.2) is 5.82 Å². The Labute approximate surface area is 112 Å². The van der Waals surface area contributed by atoms with Crippen molar-refractivity contribution in [1.82, 2.24) is 20.1 Å². The lowest BCUT2D eigenvalue weighted by Gasteiger charge is -2.13. The van der Waals surface area contributed by atoms with Gasteiger partial charge in [0.25, 0.3) is 5.91 Å². The van der Waals surface area contributed by atoms with Crippen molar-refractivity contribution in [1.29, 1.82) is 0 Å². The summed E-state index contributed by atoms with van der Waals surface area (Å²) in [5.41, 5.74) is 0. The molecule has 0 aliphatic heterocycles. The Hall–Kier alpha value is -2.29. The van der Waals surface area contributed by atoms with Crippen molar-refractivity contribution >= 4 is 22.2 Å². The number of amides is 1. The van der Waals surface area contributed by atoms with Crippen molar-refractivity contribution in [3.63, 3.8) is 0 Å². The molecule has 0 spiro atoms. The number of nitro groups is 1. The van der Waals surface area contributed by atoms with Crippen molar-refractivity contribution in [3.05, 3.63) is 38.8 Å². The van der Waals surface area contributed by atoms with Gasteiger partial charge in [0, 0.05) is 13.1 Å². The van der Waals surface area contributed by atoms with Gasteiger partial charge in [-0.05, 0) is 13.0 Å². The van der Waals surface area contributed by atoms with E-state index in [2.05, 4.69) is 15.2 Å². The van der Waals surface area contributed by atoms with E-state index in [1.54, 1.807) is 14.0 Å². The highest BCUT2D eigenvalue weighted by molar-refractivity contribution is 7.17. The highest BCUT2D eigenvalue weighted by Gasteiger charge is 2.19. The minimum absolute atomic E-state index is 0.0505. The van der Waals surface area contributed by atoms with Gasteiger partial charge in [-0.25, -0.2) is 4.98 Å². The Kier molecular flexibility index (Phi) is 3.56. The fourth-order valence-corrected chi connectivity index (χ4v) is 2.29. The third-order valence-corrected chi connectivity index (χ3v) is 3.38. The van der Waals surface area contributed by atoms with Crippen LogP contribution in [0.25, 0.3) is 0 Å². The number of aromatic amines is 1. The summed E-state index contributed by atoms with van der Waals surface area (Å²) in [5.74, 6) is 0.877. The van der Waals surface area contributed by atoms with Crippen LogP contribution in [0, 0.1) is 17.0 Å². The number of H-pyrrole nitrogens is 1. The molecule has 0 atom stereocenters. The van der Waals surface area contributed by atoms with E-state index in [1.165, 1.54) is 17.0 Å². The van der Waals surface area contributed by atoms with Gasteiger partial charge in [0.2, 0.25) is 0 Å². The summed E-state index contributed by atoms with van der Waals surface area (Å²) in [5, 5.41) is 17.1. The Balaban J connectivity index is 2.07. The molecule has 2 rings (SSSR count). The van der Waals surface area contributed by atoms with Gasteiger partial charge in [-0.3, -0.25) is 20.0 Å². The van der Waals surface area contributed by atoms with E-state index < -0.39 is 4.92 Å². The third-order valence-electron chi connectivity index (χ3n) is 2.35. The average molecular weight is 281 g/mol. The smallest absolute Gasteiger partial charge is 0.324 e. The molecular weight excluding hydrogens is 270 g/mol. The van der Waals surface area contributed by atoms with Crippen LogP contribution in [0.1, 0.15) is 21.3 Å². The highest BCUT2D eigenvalue weighted by Crippen LogP contribution is 2.24. The maximum Gasteiger partial charge on any atom is 0.324 e. The molecule has 2 heterocycles. The first-order valence-electron chi connectivity index (χ1n) is 5.35. The molecule has 1 amide bonds. The molecule has 100 valence electrons. The van der Waals surface area contributed by atoms with E-state index in [1.807, 2.05) is 0 Å². The molecule has 0 unspecified atom stereocenters. The van der Waals surface area contributed by atoms with E-state index >= 15 is 0 Å². The van der Waals surface area contributed by atoms with E-state index in [4.69, 9.17) is 0 Å². The quantitative estimate of drug-likeness (QED) is 0.672. The van der Waals surface area contributed by atoms with Gasteiger partial charge in [0.1, 0.15) is 5.82 Å². The highest BCUT2D eigenvalue weighted by atomic mass is 32.1. The molecule has 8 nitrogen and oxygen atoms in total. The molecular formula is C10H11N5O3S. The fourth-order valence-electron chi connectivity index (χ4n) is 1.47. The van der Waals surface area contributed by atoms with Crippen LogP contribution in [0.5, 0.6) is 0 Å². The predicted molar refractivity (Wildman–Crippen MR) is 67.9 cm³/mol. The van der Waals surface area contributed by atoms with Crippen molar-refractivity contribution in [3.8, 4) is 0 Å². The minimum Gasteiger partial charge on any atom is -0.333 e. The second kappa shape index (κ2) is 5.14. The zero-order chi connectivity index (χ0) is 14.0. The first-order valence-corrected chi connectivity index (χ1v) is 6.16. The molecule has 1 N–H and O–H groups in total. The second-order valence-electron chi connectivity index (χ2n) is 3.89. The van der Waals surface area contributed by atoms with Crippen LogP contribution in [0.2, 0.25) is 0 Å². The summed E-state index contributed by atoms with van der Waals surface area (Å²) in [4.78, 5) is 27.9. The minimum atomic E-state index is -0.514. The van der Waals surface area contributed by atoms with Gasteiger partial charge < -0.3 is 4.90 Å². The number of hydrogen-bond donors (Lipinski definition) is 1. The topological polar surface area (TPSA) is 105 Å². The number of carbonyl (C=O) groups excluding carboxylic acids is 1. The number of thiophene rings is 1. The maximum atomic E-state index is 12.0. The zero-order valence-electron chi connectivity index (χ0n) is 10.3. The van der Waals surface area contributed by atoms with Crippen LogP contribution in [0.3, 0.4) is 0 Å². The summed E-state index contributed by atoms with van der Waals surface area (Å²) in [6.07, 6.45) is 0. The Morgan fingerprint density at radius 2 is 2.32 bits per heavy atom. The van der Waals surface area contributed by atoms with E-state index in [-0.39, 0.29) is 17.5 Å². The molecule has 0 bridgehead atoms. The van der Waals surface area contributed by atoms with Crippen LogP contribution in [0.15, 0.2) is 12.1 Å². The Bertz CT molecular complexity index is 620. The first-order chi connectivity index (χ1) is 8.97. The molecule has 19 heavy (non-hydrogen) atoms. The van der Waals surface area contributed by atoms with Crippen LogP contribution in [-0.2, 0) is 6.54 Å². The summed E-state index contributed by atoms with van der Waals surface area (Å²) < 4.78 is 0.